The van der Waals surface area contributed by atoms with Gasteiger partial charge in [-0.05, 0) is 44.7 Å². The summed E-state index contributed by atoms with van der Waals surface area (Å²) in [7, 11) is 0. The molecule has 0 saturated carbocycles. The Morgan fingerprint density at radius 3 is 2.96 bits per heavy atom. The molecule has 3 aliphatic heterocycles. The number of alkyl halides is 1. The van der Waals surface area contributed by atoms with Crippen LogP contribution in [0.2, 0.25) is 0 Å². The van der Waals surface area contributed by atoms with Crippen LogP contribution in [0.3, 0.4) is 0 Å². The number of nitrogens with one attached hydrogen (secondary N) is 2. The van der Waals surface area contributed by atoms with Crippen LogP contribution in [0.15, 0.2) is 15.6 Å². The second-order valence-corrected chi connectivity index (χ2v) is 9.83. The van der Waals surface area contributed by atoms with E-state index in [2.05, 4.69) is 63.1 Å². The van der Waals surface area contributed by atoms with E-state index in [4.69, 9.17) is 0 Å². The minimum absolute atomic E-state index is 0.0704. The average molecular weight is 545 g/mol. The van der Waals surface area contributed by atoms with Crippen LogP contribution in [0.5, 0.6) is 5.75 Å². The summed E-state index contributed by atoms with van der Waals surface area (Å²) >= 11 is 10.6. The maximum absolute atomic E-state index is 12.3. The summed E-state index contributed by atoms with van der Waals surface area (Å²) in [6.07, 6.45) is 4.42. The zero-order chi connectivity index (χ0) is 18.2. The Morgan fingerprint density at radius 2 is 2.19 bits per heavy atom. The molecule has 3 N–H and O–H groups in total. The number of aromatic hydroxyl groups is 1. The molecule has 1 aromatic rings. The Hall–Kier alpha value is -0.990. The third-order valence-corrected chi connectivity index (χ3v) is 7.74. The van der Waals surface area contributed by atoms with Gasteiger partial charge in [0.15, 0.2) is 11.5 Å². The molecule has 3 heterocycles. The summed E-state index contributed by atoms with van der Waals surface area (Å²) in [6, 6.07) is 0. The van der Waals surface area contributed by atoms with Gasteiger partial charge in [0.05, 0.1) is 25.8 Å². The summed E-state index contributed by atoms with van der Waals surface area (Å²) in [4.78, 5) is 20.2. The second-order valence-electron chi connectivity index (χ2n) is 7.12. The third-order valence-electron chi connectivity index (χ3n) is 5.72. The molecule has 0 saturated heterocycles. The Labute approximate surface area is 174 Å². The minimum Gasteiger partial charge on any atom is -0.504 e. The third kappa shape index (κ3) is 2.15. The SMILES string of the molecule is O=C1C(Br)=CC2(CCNc3c(O)c4c5c(c32)=[NH+]CCC=5C(Br)=N4)CC1Br. The van der Waals surface area contributed by atoms with Gasteiger partial charge in [-0.15, -0.1) is 0 Å². The van der Waals surface area contributed by atoms with Crippen LogP contribution >= 0.6 is 47.8 Å². The molecule has 0 aromatic heterocycles. The molecule has 0 fully saturated rings. The van der Waals surface area contributed by atoms with Gasteiger partial charge in [-0.2, -0.15) is 0 Å². The van der Waals surface area contributed by atoms with Crippen LogP contribution in [0.1, 0.15) is 24.8 Å². The Balaban J connectivity index is 1.92. The van der Waals surface area contributed by atoms with Crippen LogP contribution in [0.25, 0.3) is 5.57 Å². The van der Waals surface area contributed by atoms with Gasteiger partial charge in [0, 0.05) is 24.0 Å². The highest BCUT2D eigenvalue weighted by molar-refractivity contribution is 9.18. The van der Waals surface area contributed by atoms with Crippen molar-refractivity contribution in [3.63, 3.8) is 0 Å². The van der Waals surface area contributed by atoms with Gasteiger partial charge >= 0.3 is 0 Å². The maximum Gasteiger partial charge on any atom is 0.214 e. The molecule has 5 nitrogen and oxygen atoms in total. The van der Waals surface area contributed by atoms with Crippen molar-refractivity contribution in [2.45, 2.75) is 29.5 Å². The molecule has 1 spiro atoms. The fourth-order valence-corrected chi connectivity index (χ4v) is 7.02. The topological polar surface area (TPSA) is 75.7 Å². The molecule has 134 valence electrons. The van der Waals surface area contributed by atoms with Crippen molar-refractivity contribution in [1.29, 1.82) is 0 Å². The summed E-state index contributed by atoms with van der Waals surface area (Å²) in [5, 5.41) is 16.4. The first-order valence-electron chi connectivity index (χ1n) is 8.51. The smallest absolute Gasteiger partial charge is 0.214 e. The Kier molecular flexibility index (Phi) is 3.79. The van der Waals surface area contributed by atoms with Crippen molar-refractivity contribution >= 4 is 75.1 Å². The van der Waals surface area contributed by atoms with Gasteiger partial charge in [-0.1, -0.05) is 22.0 Å². The van der Waals surface area contributed by atoms with Crippen LogP contribution in [0.4, 0.5) is 11.4 Å². The van der Waals surface area contributed by atoms with Crippen LogP contribution in [0, 0.1) is 0 Å². The molecular weight excluding hydrogens is 530 g/mol. The highest BCUT2D eigenvalue weighted by Crippen LogP contribution is 2.49. The molecule has 1 aliphatic carbocycles. The molecule has 26 heavy (non-hydrogen) atoms. The van der Waals surface area contributed by atoms with Gasteiger partial charge in [0.25, 0.3) is 0 Å². The Bertz CT molecular complexity index is 1080. The average Bonchev–Trinajstić information content (AvgIpc) is 2.96. The lowest BCUT2D eigenvalue weighted by atomic mass is 9.68. The Morgan fingerprint density at radius 1 is 1.38 bits per heavy atom. The summed E-state index contributed by atoms with van der Waals surface area (Å²) in [6.45, 7) is 1.55. The standard InChI is InChI=1S/C18H14Br3N3O2/c19-8-5-18(6-9(20)15(8)25)2-4-23-14-11(18)12-10-7(1-3-22-12)17(21)24-13(10)16(14)26/h5,9,23,26H,1-4,6H2/p+1. The van der Waals surface area contributed by atoms with Gasteiger partial charge in [0.2, 0.25) is 5.36 Å². The minimum atomic E-state index is -0.326. The molecule has 1 aromatic carbocycles. The van der Waals surface area contributed by atoms with Gasteiger partial charge in [-0.25, -0.2) is 9.98 Å². The predicted molar refractivity (Wildman–Crippen MR) is 110 cm³/mol. The van der Waals surface area contributed by atoms with E-state index in [9.17, 15) is 9.90 Å². The number of allylic oxidation sites excluding steroid dienone is 2. The number of nitrogens with zero attached hydrogens (tertiary/aromatic N) is 1. The number of rotatable bonds is 0. The van der Waals surface area contributed by atoms with Gasteiger partial charge in [0.1, 0.15) is 16.9 Å². The summed E-state index contributed by atoms with van der Waals surface area (Å²) < 4.78 is 1.40. The monoisotopic (exact) mass is 542 g/mol. The van der Waals surface area contributed by atoms with E-state index in [1.54, 1.807) is 0 Å². The number of halogens is 3. The molecular formula is C18H15Br3N3O2+. The van der Waals surface area contributed by atoms with E-state index in [1.807, 2.05) is 6.08 Å². The fourth-order valence-electron chi connectivity index (χ4n) is 4.60. The van der Waals surface area contributed by atoms with E-state index in [-0.39, 0.29) is 21.8 Å². The number of Topliss-reactive ketones (excluding diaryl/α,β-unsaturated/α-hetero) is 1. The van der Waals surface area contributed by atoms with Crippen molar-refractivity contribution < 1.29 is 14.9 Å². The van der Waals surface area contributed by atoms with Crippen LogP contribution < -0.4 is 20.9 Å². The van der Waals surface area contributed by atoms with Crippen molar-refractivity contribution in [1.82, 2.24) is 0 Å². The first-order chi connectivity index (χ1) is 12.4. The van der Waals surface area contributed by atoms with E-state index < -0.39 is 0 Å². The fraction of sp³-hybridized carbons (Fsp3) is 0.389. The van der Waals surface area contributed by atoms with E-state index in [0.717, 1.165) is 58.0 Å². The van der Waals surface area contributed by atoms with Gasteiger partial charge < -0.3 is 10.4 Å². The molecule has 5 rings (SSSR count). The first-order valence-corrected chi connectivity index (χ1v) is 11.0. The number of benzene rings is 1. The van der Waals surface area contributed by atoms with E-state index in [0.29, 0.717) is 16.6 Å². The summed E-state index contributed by atoms with van der Waals surface area (Å²) in [5.41, 5.74) is 3.22. The lowest BCUT2D eigenvalue weighted by molar-refractivity contribution is -0.501. The predicted octanol–water partition coefficient (Wildman–Crippen LogP) is 1.15. The normalized spacial score (nSPS) is 28.8. The zero-order valence-corrected chi connectivity index (χ0v) is 18.4. The highest BCUT2D eigenvalue weighted by atomic mass is 79.9. The number of phenols is 1. The van der Waals surface area contributed by atoms with Crippen molar-refractivity contribution in [3.05, 3.63) is 26.7 Å². The number of hydrogen-bond acceptors (Lipinski definition) is 4. The maximum atomic E-state index is 12.3. The first kappa shape index (κ1) is 17.1. The molecule has 0 amide bonds. The molecule has 0 radical (unpaired) electrons. The van der Waals surface area contributed by atoms with Crippen molar-refractivity contribution in [2.24, 2.45) is 4.99 Å². The molecule has 2 atom stereocenters. The molecule has 8 heteroatoms. The van der Waals surface area contributed by atoms with Crippen molar-refractivity contribution in [3.8, 4) is 5.75 Å². The van der Waals surface area contributed by atoms with Crippen molar-refractivity contribution in [2.75, 3.05) is 18.4 Å². The number of hydrogen-bond donors (Lipinski definition) is 3. The second kappa shape index (κ2) is 5.75. The number of phenolic OH excluding ortho intramolecular Hbond substituents is 1. The quantitative estimate of drug-likeness (QED) is 0.339. The highest BCUT2D eigenvalue weighted by Gasteiger charge is 2.47. The number of anilines is 1. The van der Waals surface area contributed by atoms with Crippen LogP contribution in [-0.2, 0) is 10.2 Å². The number of ketones is 1. The molecule has 0 bridgehead atoms. The number of carbonyl (C=O) groups excluding carboxylic acids is 1. The number of fused-ring (bicyclic) bond motifs is 3. The molecule has 4 aliphatic rings. The van der Waals surface area contributed by atoms with E-state index >= 15 is 0 Å². The number of aliphatic imine (C=N–C) groups is 1. The van der Waals surface area contributed by atoms with E-state index in [1.165, 1.54) is 0 Å². The largest absolute Gasteiger partial charge is 0.504 e. The lowest BCUT2D eigenvalue weighted by Crippen LogP contribution is -2.83. The van der Waals surface area contributed by atoms with Crippen LogP contribution in [-0.4, -0.2) is 33.4 Å². The zero-order valence-electron chi connectivity index (χ0n) is 13.6. The van der Waals surface area contributed by atoms with Gasteiger partial charge in [-0.3, -0.25) is 4.79 Å². The summed E-state index contributed by atoms with van der Waals surface area (Å²) in [5.74, 6) is 0.266. The lowest BCUT2D eigenvalue weighted by Gasteiger charge is -2.40. The molecule has 2 unspecified atom stereocenters. The number of carbonyl (C=O) groups is 1.